The quantitative estimate of drug-likeness (QED) is 0.746. The van der Waals surface area contributed by atoms with E-state index in [-0.39, 0.29) is 5.60 Å². The Bertz CT molecular complexity index is 217. The molecule has 0 amide bonds. The van der Waals surface area contributed by atoms with Gasteiger partial charge in [0.2, 0.25) is 0 Å². The summed E-state index contributed by atoms with van der Waals surface area (Å²) in [5.74, 6) is 2.36. The van der Waals surface area contributed by atoms with Crippen molar-refractivity contribution in [3.05, 3.63) is 0 Å². The Balaban J connectivity index is 2.52. The van der Waals surface area contributed by atoms with Gasteiger partial charge in [0.15, 0.2) is 0 Å². The van der Waals surface area contributed by atoms with Crippen LogP contribution in [-0.2, 0) is 4.74 Å². The van der Waals surface area contributed by atoms with Gasteiger partial charge in [-0.15, -0.1) is 0 Å². The fraction of sp³-hybridized carbons (Fsp3) is 1.00. The number of hydrogen-bond acceptors (Lipinski definition) is 2. The summed E-state index contributed by atoms with van der Waals surface area (Å²) in [4.78, 5) is 0. The SMILES string of the molecule is CCNCC1(OCC(C)C)CCC(C(C)C)CC1. The van der Waals surface area contributed by atoms with E-state index < -0.39 is 0 Å². The molecule has 2 heteroatoms. The van der Waals surface area contributed by atoms with E-state index in [1.165, 1.54) is 25.7 Å². The topological polar surface area (TPSA) is 21.3 Å². The summed E-state index contributed by atoms with van der Waals surface area (Å²) in [6.07, 6.45) is 5.13. The van der Waals surface area contributed by atoms with Gasteiger partial charge in [0.25, 0.3) is 0 Å². The minimum atomic E-state index is 0.117. The number of hydrogen-bond donors (Lipinski definition) is 1. The van der Waals surface area contributed by atoms with Crippen LogP contribution in [-0.4, -0.2) is 25.3 Å². The molecule has 0 saturated heterocycles. The van der Waals surface area contributed by atoms with Gasteiger partial charge in [0.05, 0.1) is 5.60 Å². The summed E-state index contributed by atoms with van der Waals surface area (Å²) < 4.78 is 6.30. The Morgan fingerprint density at radius 1 is 1.17 bits per heavy atom. The van der Waals surface area contributed by atoms with Crippen molar-refractivity contribution in [1.29, 1.82) is 0 Å². The van der Waals surface area contributed by atoms with Crippen LogP contribution in [0.5, 0.6) is 0 Å². The molecule has 0 unspecified atom stereocenters. The smallest absolute Gasteiger partial charge is 0.0806 e. The molecule has 0 aromatic carbocycles. The van der Waals surface area contributed by atoms with Gasteiger partial charge >= 0.3 is 0 Å². The molecule has 1 fully saturated rings. The first-order valence-electron chi connectivity index (χ1n) is 7.84. The first-order valence-corrected chi connectivity index (χ1v) is 7.84. The average Bonchev–Trinajstić information content (AvgIpc) is 2.35. The second kappa shape index (κ2) is 7.49. The number of nitrogens with one attached hydrogen (secondary N) is 1. The van der Waals surface area contributed by atoms with Gasteiger partial charge in [-0.3, -0.25) is 0 Å². The lowest BCUT2D eigenvalue weighted by Crippen LogP contribution is -2.47. The van der Waals surface area contributed by atoms with Gasteiger partial charge in [-0.05, 0) is 50.0 Å². The van der Waals surface area contributed by atoms with Crippen LogP contribution in [0, 0.1) is 17.8 Å². The van der Waals surface area contributed by atoms with E-state index >= 15 is 0 Å². The molecule has 1 saturated carbocycles. The molecule has 0 spiro atoms. The van der Waals surface area contributed by atoms with Crippen LogP contribution in [0.3, 0.4) is 0 Å². The van der Waals surface area contributed by atoms with Crippen molar-refractivity contribution in [1.82, 2.24) is 5.32 Å². The zero-order valence-corrected chi connectivity index (χ0v) is 13.1. The molecule has 0 aromatic rings. The maximum absolute atomic E-state index is 6.30. The van der Waals surface area contributed by atoms with Crippen molar-refractivity contribution >= 4 is 0 Å². The van der Waals surface area contributed by atoms with E-state index in [1.807, 2.05) is 0 Å². The fourth-order valence-electron chi connectivity index (χ4n) is 2.90. The second-order valence-electron chi connectivity index (χ2n) is 6.75. The van der Waals surface area contributed by atoms with Crippen LogP contribution in [0.1, 0.15) is 60.3 Å². The monoisotopic (exact) mass is 255 g/mol. The second-order valence-corrected chi connectivity index (χ2v) is 6.75. The lowest BCUT2D eigenvalue weighted by atomic mass is 9.74. The predicted octanol–water partition coefficient (Wildman–Crippen LogP) is 3.85. The average molecular weight is 255 g/mol. The highest BCUT2D eigenvalue weighted by molar-refractivity contribution is 4.90. The highest BCUT2D eigenvalue weighted by Gasteiger charge is 2.36. The van der Waals surface area contributed by atoms with Gasteiger partial charge < -0.3 is 10.1 Å². The van der Waals surface area contributed by atoms with E-state index in [9.17, 15) is 0 Å². The molecule has 0 aromatic heterocycles. The molecule has 0 heterocycles. The Labute approximate surface area is 114 Å². The summed E-state index contributed by atoms with van der Waals surface area (Å²) in [5.41, 5.74) is 0.117. The Morgan fingerprint density at radius 2 is 1.78 bits per heavy atom. The molecule has 18 heavy (non-hydrogen) atoms. The van der Waals surface area contributed by atoms with Crippen LogP contribution in [0.4, 0.5) is 0 Å². The number of likely N-dealkylation sites (N-methyl/N-ethyl adjacent to an activating group) is 1. The summed E-state index contributed by atoms with van der Waals surface area (Å²) in [7, 11) is 0. The largest absolute Gasteiger partial charge is 0.373 e. The molecular formula is C16H33NO. The zero-order valence-electron chi connectivity index (χ0n) is 13.1. The van der Waals surface area contributed by atoms with E-state index in [4.69, 9.17) is 4.74 Å². The normalized spacial score (nSPS) is 29.2. The molecule has 1 rings (SSSR count). The molecule has 1 N–H and O–H groups in total. The minimum Gasteiger partial charge on any atom is -0.373 e. The Kier molecular flexibility index (Phi) is 6.65. The third-order valence-electron chi connectivity index (χ3n) is 4.30. The number of rotatable bonds is 7. The molecule has 0 bridgehead atoms. The van der Waals surface area contributed by atoms with Gasteiger partial charge in [-0.1, -0.05) is 34.6 Å². The molecule has 1 aliphatic rings. The lowest BCUT2D eigenvalue weighted by Gasteiger charge is -2.42. The van der Waals surface area contributed by atoms with Crippen molar-refractivity contribution in [3.8, 4) is 0 Å². The van der Waals surface area contributed by atoms with Crippen molar-refractivity contribution in [2.24, 2.45) is 17.8 Å². The van der Waals surface area contributed by atoms with Crippen molar-refractivity contribution in [3.63, 3.8) is 0 Å². The molecule has 0 aliphatic heterocycles. The van der Waals surface area contributed by atoms with E-state index in [2.05, 4.69) is 39.9 Å². The van der Waals surface area contributed by atoms with Crippen LogP contribution < -0.4 is 5.32 Å². The Morgan fingerprint density at radius 3 is 2.22 bits per heavy atom. The van der Waals surface area contributed by atoms with Gasteiger partial charge in [-0.25, -0.2) is 0 Å². The minimum absolute atomic E-state index is 0.117. The third-order valence-corrected chi connectivity index (χ3v) is 4.30. The summed E-state index contributed by atoms with van der Waals surface area (Å²) >= 11 is 0. The maximum Gasteiger partial charge on any atom is 0.0806 e. The highest BCUT2D eigenvalue weighted by atomic mass is 16.5. The lowest BCUT2D eigenvalue weighted by molar-refractivity contribution is -0.0880. The van der Waals surface area contributed by atoms with E-state index in [0.29, 0.717) is 5.92 Å². The highest BCUT2D eigenvalue weighted by Crippen LogP contribution is 2.38. The van der Waals surface area contributed by atoms with Crippen molar-refractivity contribution in [2.45, 2.75) is 65.9 Å². The van der Waals surface area contributed by atoms with Crippen molar-refractivity contribution in [2.75, 3.05) is 19.7 Å². The first-order chi connectivity index (χ1) is 8.49. The molecule has 0 radical (unpaired) electrons. The molecule has 1 aliphatic carbocycles. The zero-order chi connectivity index (χ0) is 13.6. The molecule has 2 nitrogen and oxygen atoms in total. The Hall–Kier alpha value is -0.0800. The van der Waals surface area contributed by atoms with Crippen LogP contribution in [0.2, 0.25) is 0 Å². The van der Waals surface area contributed by atoms with Crippen LogP contribution in [0.25, 0.3) is 0 Å². The van der Waals surface area contributed by atoms with Crippen LogP contribution >= 0.6 is 0 Å². The van der Waals surface area contributed by atoms with E-state index in [0.717, 1.165) is 31.5 Å². The standard InChI is InChI=1S/C16H33NO/c1-6-17-12-16(18-11-13(2)3)9-7-15(8-10-16)14(4)5/h13-15,17H,6-12H2,1-5H3. The molecular weight excluding hydrogens is 222 g/mol. The van der Waals surface area contributed by atoms with Crippen molar-refractivity contribution < 1.29 is 4.74 Å². The third kappa shape index (κ3) is 4.89. The van der Waals surface area contributed by atoms with Gasteiger partial charge in [0.1, 0.15) is 0 Å². The summed E-state index contributed by atoms with van der Waals surface area (Å²) in [6, 6.07) is 0. The van der Waals surface area contributed by atoms with Gasteiger partial charge in [0, 0.05) is 13.2 Å². The molecule has 0 atom stereocenters. The predicted molar refractivity (Wildman–Crippen MR) is 78.9 cm³/mol. The van der Waals surface area contributed by atoms with E-state index in [1.54, 1.807) is 0 Å². The summed E-state index contributed by atoms with van der Waals surface area (Å²) in [5, 5.41) is 3.50. The maximum atomic E-state index is 6.30. The van der Waals surface area contributed by atoms with Gasteiger partial charge in [-0.2, -0.15) is 0 Å². The molecule has 108 valence electrons. The summed E-state index contributed by atoms with van der Waals surface area (Å²) in [6.45, 7) is 14.3. The first kappa shape index (κ1) is 16.0. The fourth-order valence-corrected chi connectivity index (χ4v) is 2.90. The number of ether oxygens (including phenoxy) is 1. The van der Waals surface area contributed by atoms with Crippen LogP contribution in [0.15, 0.2) is 0 Å².